The summed E-state index contributed by atoms with van der Waals surface area (Å²) in [4.78, 5) is 14.0. The maximum absolute atomic E-state index is 11.9. The summed E-state index contributed by atoms with van der Waals surface area (Å²) in [6.45, 7) is 4.01. The summed E-state index contributed by atoms with van der Waals surface area (Å²) in [6.07, 6.45) is 3.66. The predicted octanol–water partition coefficient (Wildman–Crippen LogP) is 2.72. The fraction of sp³-hybridized carbons (Fsp3) is 0.421. The third-order valence-corrected chi connectivity index (χ3v) is 4.56. The summed E-state index contributed by atoms with van der Waals surface area (Å²) in [6, 6.07) is 6.15. The number of methoxy groups -OCH3 is 1. The summed E-state index contributed by atoms with van der Waals surface area (Å²) >= 11 is 0. The van der Waals surface area contributed by atoms with Crippen molar-refractivity contribution < 1.29 is 19.4 Å². The Morgan fingerprint density at radius 1 is 1.42 bits per heavy atom. The van der Waals surface area contributed by atoms with Crippen LogP contribution in [0.25, 0.3) is 5.57 Å². The molecule has 5 heteroatoms. The highest BCUT2D eigenvalue weighted by Crippen LogP contribution is 2.36. The number of benzene rings is 1. The number of nitrogens with zero attached hydrogens (tertiary/aromatic N) is 1. The number of carbonyl (C=O) groups excluding carboxylic acids is 1. The molecular formula is C19H23NO4. The molecule has 3 rings (SSSR count). The van der Waals surface area contributed by atoms with Crippen molar-refractivity contribution >= 4 is 11.5 Å². The van der Waals surface area contributed by atoms with Gasteiger partial charge in [0.1, 0.15) is 11.5 Å². The summed E-state index contributed by atoms with van der Waals surface area (Å²) in [7, 11) is 1.67. The molecule has 0 spiro atoms. The Labute approximate surface area is 142 Å². The molecule has 0 bridgehead atoms. The average Bonchev–Trinajstić information content (AvgIpc) is 2.57. The molecule has 24 heavy (non-hydrogen) atoms. The Hall–Kier alpha value is -2.27. The van der Waals surface area contributed by atoms with Crippen molar-refractivity contribution in [3.63, 3.8) is 0 Å². The van der Waals surface area contributed by atoms with Gasteiger partial charge in [-0.1, -0.05) is 12.1 Å². The zero-order valence-electron chi connectivity index (χ0n) is 14.2. The van der Waals surface area contributed by atoms with E-state index in [1.165, 1.54) is 16.7 Å². The third kappa shape index (κ3) is 3.31. The molecule has 0 fully saturated rings. The number of allylic oxidation sites excluding steroid dienone is 1. The number of fused-ring (bicyclic) bond motifs is 1. The van der Waals surface area contributed by atoms with E-state index in [1.807, 2.05) is 6.07 Å². The lowest BCUT2D eigenvalue weighted by Crippen LogP contribution is -2.35. The average molecular weight is 329 g/mol. The largest absolute Gasteiger partial charge is 0.512 e. The first-order valence-electron chi connectivity index (χ1n) is 8.29. The van der Waals surface area contributed by atoms with Gasteiger partial charge in [-0.25, -0.2) is 4.79 Å². The van der Waals surface area contributed by atoms with Gasteiger partial charge < -0.3 is 14.6 Å². The maximum Gasteiger partial charge on any atom is 0.338 e. The number of ether oxygens (including phenoxy) is 2. The van der Waals surface area contributed by atoms with E-state index in [1.54, 1.807) is 14.0 Å². The van der Waals surface area contributed by atoms with E-state index in [2.05, 4.69) is 23.1 Å². The van der Waals surface area contributed by atoms with Crippen LogP contribution in [0.1, 0.15) is 24.5 Å². The van der Waals surface area contributed by atoms with Crippen LogP contribution in [0, 0.1) is 0 Å². The quantitative estimate of drug-likeness (QED) is 0.842. The number of esters is 1. The van der Waals surface area contributed by atoms with Crippen LogP contribution in [-0.4, -0.2) is 49.3 Å². The molecule has 0 saturated heterocycles. The van der Waals surface area contributed by atoms with Crippen molar-refractivity contribution in [3.05, 3.63) is 46.7 Å². The lowest BCUT2D eigenvalue weighted by molar-refractivity contribution is -0.139. The van der Waals surface area contributed by atoms with Crippen molar-refractivity contribution in [2.45, 2.75) is 19.8 Å². The van der Waals surface area contributed by atoms with Gasteiger partial charge in [-0.15, -0.1) is 0 Å². The van der Waals surface area contributed by atoms with Crippen LogP contribution in [0.5, 0.6) is 5.75 Å². The summed E-state index contributed by atoms with van der Waals surface area (Å²) in [5.41, 5.74) is 4.28. The second kappa shape index (κ2) is 7.09. The van der Waals surface area contributed by atoms with Crippen LogP contribution in [0.3, 0.4) is 0 Å². The van der Waals surface area contributed by atoms with Crippen molar-refractivity contribution in [1.82, 2.24) is 4.90 Å². The number of carbonyl (C=O) groups is 1. The molecule has 1 aromatic rings. The van der Waals surface area contributed by atoms with Crippen LogP contribution < -0.4 is 4.74 Å². The van der Waals surface area contributed by atoms with Gasteiger partial charge in [0.05, 0.1) is 19.3 Å². The van der Waals surface area contributed by atoms with E-state index < -0.39 is 5.97 Å². The highest BCUT2D eigenvalue weighted by Gasteiger charge is 2.25. The highest BCUT2D eigenvalue weighted by atomic mass is 16.5. The van der Waals surface area contributed by atoms with E-state index in [4.69, 9.17) is 9.47 Å². The molecule has 0 unspecified atom stereocenters. The normalized spacial score (nSPS) is 19.0. The molecule has 0 saturated carbocycles. The number of aliphatic hydroxyl groups is 1. The standard InChI is InChI=1S/C19H23NO4/c1-3-24-19(22)17-12-20(9-7-18(17)21)8-6-14-10-13-4-5-15(23-2)11-16(13)14/h4-6,11,21H,3,7-10,12H2,1-2H3. The Balaban J connectivity index is 1.64. The van der Waals surface area contributed by atoms with Crippen LogP contribution >= 0.6 is 0 Å². The van der Waals surface area contributed by atoms with Crippen LogP contribution in [0.2, 0.25) is 0 Å². The number of rotatable bonds is 5. The first kappa shape index (κ1) is 16.6. The second-order valence-corrected chi connectivity index (χ2v) is 6.06. The molecule has 0 radical (unpaired) electrons. The highest BCUT2D eigenvalue weighted by molar-refractivity contribution is 5.89. The Kier molecular flexibility index (Phi) is 4.90. The third-order valence-electron chi connectivity index (χ3n) is 4.56. The molecule has 0 aromatic heterocycles. The number of aliphatic hydroxyl groups excluding tert-OH is 1. The molecular weight excluding hydrogens is 306 g/mol. The van der Waals surface area contributed by atoms with E-state index in [0.717, 1.165) is 25.3 Å². The van der Waals surface area contributed by atoms with Crippen LogP contribution in [-0.2, 0) is 16.0 Å². The number of hydrogen-bond donors (Lipinski definition) is 1. The summed E-state index contributed by atoms with van der Waals surface area (Å²) < 4.78 is 10.3. The van der Waals surface area contributed by atoms with Crippen molar-refractivity contribution in [2.75, 3.05) is 33.4 Å². The Morgan fingerprint density at radius 2 is 2.25 bits per heavy atom. The first-order chi connectivity index (χ1) is 11.6. The van der Waals surface area contributed by atoms with Gasteiger partial charge in [-0.3, -0.25) is 4.90 Å². The van der Waals surface area contributed by atoms with Gasteiger partial charge in [0, 0.05) is 26.1 Å². The molecule has 5 nitrogen and oxygen atoms in total. The smallest absolute Gasteiger partial charge is 0.338 e. The zero-order chi connectivity index (χ0) is 17.1. The minimum atomic E-state index is -0.411. The summed E-state index contributed by atoms with van der Waals surface area (Å²) in [5, 5.41) is 9.93. The van der Waals surface area contributed by atoms with Gasteiger partial charge in [-0.2, -0.15) is 0 Å². The predicted molar refractivity (Wildman–Crippen MR) is 92.0 cm³/mol. The SMILES string of the molecule is CCOC(=O)C1=C(O)CCN(CC=C2Cc3ccc(OC)cc32)C1. The fourth-order valence-corrected chi connectivity index (χ4v) is 3.12. The second-order valence-electron chi connectivity index (χ2n) is 6.06. The van der Waals surface area contributed by atoms with Gasteiger partial charge in [-0.05, 0) is 42.2 Å². The maximum atomic E-state index is 11.9. The van der Waals surface area contributed by atoms with E-state index in [-0.39, 0.29) is 5.76 Å². The molecule has 1 N–H and O–H groups in total. The fourth-order valence-electron chi connectivity index (χ4n) is 3.12. The molecule has 1 aromatic carbocycles. The molecule has 1 aliphatic carbocycles. The minimum Gasteiger partial charge on any atom is -0.512 e. The Bertz CT molecular complexity index is 705. The van der Waals surface area contributed by atoms with E-state index in [0.29, 0.717) is 25.1 Å². The minimum absolute atomic E-state index is 0.163. The van der Waals surface area contributed by atoms with Crippen LogP contribution in [0.4, 0.5) is 0 Å². The monoisotopic (exact) mass is 329 g/mol. The molecule has 1 heterocycles. The lowest BCUT2D eigenvalue weighted by atomic mass is 9.82. The Morgan fingerprint density at radius 3 is 3.00 bits per heavy atom. The van der Waals surface area contributed by atoms with E-state index >= 15 is 0 Å². The van der Waals surface area contributed by atoms with Gasteiger partial charge >= 0.3 is 5.97 Å². The molecule has 2 aliphatic rings. The van der Waals surface area contributed by atoms with Gasteiger partial charge in [0.2, 0.25) is 0 Å². The van der Waals surface area contributed by atoms with Gasteiger partial charge in [0.25, 0.3) is 0 Å². The molecule has 1 aliphatic heterocycles. The van der Waals surface area contributed by atoms with Crippen molar-refractivity contribution in [2.24, 2.45) is 0 Å². The first-order valence-corrected chi connectivity index (χ1v) is 8.29. The topological polar surface area (TPSA) is 59.0 Å². The van der Waals surface area contributed by atoms with E-state index in [9.17, 15) is 9.90 Å². The van der Waals surface area contributed by atoms with Gasteiger partial charge in [0.15, 0.2) is 0 Å². The molecule has 0 atom stereocenters. The van der Waals surface area contributed by atoms with Crippen molar-refractivity contribution in [3.8, 4) is 5.75 Å². The number of hydrogen-bond acceptors (Lipinski definition) is 5. The molecule has 0 amide bonds. The lowest BCUT2D eigenvalue weighted by Gasteiger charge is -2.29. The zero-order valence-corrected chi connectivity index (χ0v) is 14.2. The summed E-state index contributed by atoms with van der Waals surface area (Å²) in [5.74, 6) is 0.622. The molecule has 128 valence electrons. The van der Waals surface area contributed by atoms with Crippen LogP contribution in [0.15, 0.2) is 35.6 Å². The van der Waals surface area contributed by atoms with Crippen molar-refractivity contribution in [1.29, 1.82) is 0 Å².